The minimum absolute atomic E-state index is 0.0312. The third-order valence-corrected chi connectivity index (χ3v) is 5.22. The molecule has 1 heterocycles. The lowest BCUT2D eigenvalue weighted by molar-refractivity contribution is -0.116. The number of amides is 2. The van der Waals surface area contributed by atoms with Gasteiger partial charge in [0.1, 0.15) is 5.37 Å². The third kappa shape index (κ3) is 3.46. The summed E-state index contributed by atoms with van der Waals surface area (Å²) in [5, 5.41) is 2.73. The van der Waals surface area contributed by atoms with E-state index in [4.69, 9.17) is 0 Å². The molecule has 4 nitrogen and oxygen atoms in total. The number of carbonyl (C=O) groups is 2. The molecule has 2 amide bonds. The fourth-order valence-electron chi connectivity index (χ4n) is 2.78. The van der Waals surface area contributed by atoms with Crippen LogP contribution >= 0.6 is 11.8 Å². The molecule has 1 fully saturated rings. The fraction of sp³-hybridized carbons (Fsp3) is 0.263. The van der Waals surface area contributed by atoms with Crippen LogP contribution in [0.4, 0.5) is 11.4 Å². The van der Waals surface area contributed by atoms with E-state index in [-0.39, 0.29) is 17.2 Å². The Labute approximate surface area is 146 Å². The summed E-state index contributed by atoms with van der Waals surface area (Å²) in [4.78, 5) is 25.4. The molecular weight excluding hydrogens is 320 g/mol. The fourth-order valence-corrected chi connectivity index (χ4v) is 3.95. The van der Waals surface area contributed by atoms with Gasteiger partial charge < -0.3 is 5.32 Å². The summed E-state index contributed by atoms with van der Waals surface area (Å²) in [7, 11) is 0. The second-order valence-corrected chi connectivity index (χ2v) is 6.82. The Hall–Kier alpha value is -2.27. The van der Waals surface area contributed by atoms with Gasteiger partial charge in [-0.25, -0.2) is 0 Å². The Morgan fingerprint density at radius 2 is 1.83 bits per heavy atom. The first-order valence-corrected chi connectivity index (χ1v) is 9.03. The highest BCUT2D eigenvalue weighted by Crippen LogP contribution is 2.41. The highest BCUT2D eigenvalue weighted by Gasteiger charge is 2.33. The van der Waals surface area contributed by atoms with Crippen molar-refractivity contribution in [2.24, 2.45) is 0 Å². The summed E-state index contributed by atoms with van der Waals surface area (Å²) in [6.07, 6.45) is 0.983. The van der Waals surface area contributed by atoms with Crippen LogP contribution in [0, 0.1) is 0 Å². The minimum atomic E-state index is -0.0918. The lowest BCUT2D eigenvalue weighted by Crippen LogP contribution is -2.27. The summed E-state index contributed by atoms with van der Waals surface area (Å²) in [6.45, 7) is 3.60. The largest absolute Gasteiger partial charge is 0.326 e. The molecule has 1 atom stereocenters. The first-order chi connectivity index (χ1) is 11.6. The molecule has 0 radical (unpaired) electrons. The Kier molecular flexibility index (Phi) is 4.90. The minimum Gasteiger partial charge on any atom is -0.326 e. The summed E-state index contributed by atoms with van der Waals surface area (Å²) in [6, 6.07) is 15.9. The van der Waals surface area contributed by atoms with E-state index < -0.39 is 0 Å². The van der Waals surface area contributed by atoms with Crippen LogP contribution in [0.3, 0.4) is 0 Å². The van der Waals surface area contributed by atoms with E-state index in [1.807, 2.05) is 41.3 Å². The second-order valence-electron chi connectivity index (χ2n) is 5.75. The van der Waals surface area contributed by atoms with Crippen LogP contribution in [0.1, 0.15) is 30.3 Å². The maximum atomic E-state index is 12.4. The molecule has 3 rings (SSSR count). The first-order valence-electron chi connectivity index (χ1n) is 7.98. The van der Waals surface area contributed by atoms with Crippen molar-refractivity contribution in [3.63, 3.8) is 0 Å². The molecule has 24 heavy (non-hydrogen) atoms. The molecule has 0 saturated carbocycles. The lowest BCUT2D eigenvalue weighted by Gasteiger charge is -2.24. The van der Waals surface area contributed by atoms with Gasteiger partial charge in [-0.1, -0.05) is 31.2 Å². The van der Waals surface area contributed by atoms with Crippen molar-refractivity contribution in [2.75, 3.05) is 16.0 Å². The molecule has 1 saturated heterocycles. The van der Waals surface area contributed by atoms with Gasteiger partial charge in [0.25, 0.3) is 0 Å². The van der Waals surface area contributed by atoms with Crippen molar-refractivity contribution in [2.45, 2.75) is 25.6 Å². The van der Waals surface area contributed by atoms with E-state index in [0.717, 1.165) is 23.4 Å². The maximum absolute atomic E-state index is 12.4. The van der Waals surface area contributed by atoms with E-state index >= 15 is 0 Å². The third-order valence-electron chi connectivity index (χ3n) is 4.01. The first kappa shape index (κ1) is 16.6. The number of hydrogen-bond donors (Lipinski definition) is 1. The molecule has 1 unspecified atom stereocenters. The van der Waals surface area contributed by atoms with Gasteiger partial charge in [-0.05, 0) is 41.8 Å². The van der Waals surface area contributed by atoms with Gasteiger partial charge in [-0.3, -0.25) is 14.5 Å². The number of hydrogen-bond acceptors (Lipinski definition) is 3. The van der Waals surface area contributed by atoms with Crippen LogP contribution in [0.5, 0.6) is 0 Å². The smallest absolute Gasteiger partial charge is 0.238 e. The van der Waals surface area contributed by atoms with E-state index in [9.17, 15) is 9.59 Å². The molecule has 1 aliphatic heterocycles. The molecule has 0 aromatic heterocycles. The Balaban J connectivity index is 1.85. The van der Waals surface area contributed by atoms with Crippen LogP contribution in [0.2, 0.25) is 0 Å². The normalized spacial score (nSPS) is 17.2. The van der Waals surface area contributed by atoms with Crippen molar-refractivity contribution >= 4 is 35.0 Å². The summed E-state index contributed by atoms with van der Waals surface area (Å²) < 4.78 is 0. The molecule has 0 aliphatic carbocycles. The molecule has 124 valence electrons. The number of benzene rings is 2. The van der Waals surface area contributed by atoms with Crippen molar-refractivity contribution in [3.8, 4) is 0 Å². The van der Waals surface area contributed by atoms with Crippen molar-refractivity contribution in [1.29, 1.82) is 0 Å². The SMILES string of the molecule is CCc1ccc(N2C(=O)CSC2c2ccc(NC(C)=O)cc2)cc1. The molecule has 0 bridgehead atoms. The highest BCUT2D eigenvalue weighted by atomic mass is 32.2. The molecule has 0 spiro atoms. The second kappa shape index (κ2) is 7.09. The van der Waals surface area contributed by atoms with Crippen LogP contribution < -0.4 is 10.2 Å². The summed E-state index contributed by atoms with van der Waals surface area (Å²) >= 11 is 1.63. The highest BCUT2D eigenvalue weighted by molar-refractivity contribution is 8.00. The van der Waals surface area contributed by atoms with Gasteiger partial charge in [-0.15, -0.1) is 11.8 Å². The molecule has 2 aromatic rings. The number of carbonyl (C=O) groups excluding carboxylic acids is 2. The maximum Gasteiger partial charge on any atom is 0.238 e. The van der Waals surface area contributed by atoms with E-state index in [1.165, 1.54) is 12.5 Å². The Bertz CT molecular complexity index is 741. The van der Waals surface area contributed by atoms with Gasteiger partial charge >= 0.3 is 0 Å². The molecule has 2 aromatic carbocycles. The monoisotopic (exact) mass is 340 g/mol. The zero-order valence-electron chi connectivity index (χ0n) is 13.8. The molecular formula is C19H20N2O2S. The predicted octanol–water partition coefficient (Wildman–Crippen LogP) is 3.99. The Morgan fingerprint density at radius 3 is 2.42 bits per heavy atom. The van der Waals surface area contributed by atoms with Crippen molar-refractivity contribution in [1.82, 2.24) is 0 Å². The van der Waals surface area contributed by atoms with Crippen LogP contribution in [0.25, 0.3) is 0 Å². The topological polar surface area (TPSA) is 49.4 Å². The summed E-state index contributed by atoms with van der Waals surface area (Å²) in [5.74, 6) is 0.513. The number of aryl methyl sites for hydroxylation is 1. The average molecular weight is 340 g/mol. The predicted molar refractivity (Wildman–Crippen MR) is 99.3 cm³/mol. The van der Waals surface area contributed by atoms with Gasteiger partial charge in [0.2, 0.25) is 11.8 Å². The number of anilines is 2. The lowest BCUT2D eigenvalue weighted by atomic mass is 10.1. The number of nitrogens with one attached hydrogen (secondary N) is 1. The quantitative estimate of drug-likeness (QED) is 0.916. The van der Waals surface area contributed by atoms with E-state index in [2.05, 4.69) is 24.4 Å². The van der Waals surface area contributed by atoms with Crippen LogP contribution in [-0.2, 0) is 16.0 Å². The number of thioether (sulfide) groups is 1. The zero-order valence-corrected chi connectivity index (χ0v) is 14.6. The zero-order chi connectivity index (χ0) is 17.1. The van der Waals surface area contributed by atoms with E-state index in [0.29, 0.717) is 5.75 Å². The van der Waals surface area contributed by atoms with Gasteiger partial charge in [-0.2, -0.15) is 0 Å². The Morgan fingerprint density at radius 1 is 1.17 bits per heavy atom. The van der Waals surface area contributed by atoms with E-state index in [1.54, 1.807) is 11.8 Å². The van der Waals surface area contributed by atoms with Crippen molar-refractivity contribution < 1.29 is 9.59 Å². The molecule has 1 aliphatic rings. The van der Waals surface area contributed by atoms with Crippen LogP contribution in [0.15, 0.2) is 48.5 Å². The van der Waals surface area contributed by atoms with Gasteiger partial charge in [0.15, 0.2) is 0 Å². The number of rotatable bonds is 4. The van der Waals surface area contributed by atoms with Gasteiger partial charge in [0.05, 0.1) is 5.75 Å². The number of nitrogens with zero attached hydrogens (tertiary/aromatic N) is 1. The van der Waals surface area contributed by atoms with Gasteiger partial charge in [0, 0.05) is 18.3 Å². The molecule has 5 heteroatoms. The standard InChI is InChI=1S/C19H20N2O2S/c1-3-14-4-10-17(11-5-14)21-18(23)12-24-19(21)15-6-8-16(9-7-15)20-13(2)22/h4-11,19H,3,12H2,1-2H3,(H,20,22). The average Bonchev–Trinajstić information content (AvgIpc) is 2.97. The summed E-state index contributed by atoms with van der Waals surface area (Å²) in [5.41, 5.74) is 4.01. The molecule has 1 N–H and O–H groups in total. The van der Waals surface area contributed by atoms with Crippen LogP contribution in [-0.4, -0.2) is 17.6 Å². The van der Waals surface area contributed by atoms with Crippen molar-refractivity contribution in [3.05, 3.63) is 59.7 Å².